The molecule has 1 aliphatic rings. The third kappa shape index (κ3) is 4.32. The number of carbonyl (C=O) groups is 1. The number of piperidine rings is 1. The van der Waals surface area contributed by atoms with Gasteiger partial charge < -0.3 is 14.8 Å². The van der Waals surface area contributed by atoms with Gasteiger partial charge in [0, 0.05) is 50.8 Å². The van der Waals surface area contributed by atoms with Crippen molar-refractivity contribution in [3.8, 4) is 0 Å². The van der Waals surface area contributed by atoms with Crippen LogP contribution in [0.2, 0.25) is 5.02 Å². The predicted octanol–water partition coefficient (Wildman–Crippen LogP) is 4.09. The first-order valence-corrected chi connectivity index (χ1v) is 11.1. The summed E-state index contributed by atoms with van der Waals surface area (Å²) in [5.41, 5.74) is 3.00. The highest BCUT2D eigenvalue weighted by atomic mass is 35.5. The van der Waals surface area contributed by atoms with Gasteiger partial charge in [-0.15, -0.1) is 0 Å². The standard InChI is InChI=1S/C23H28ClN5O2/c1-15-20(14-25-27(3)23(15)31)26-22-18-9-13-29(21(18)5-4-19(22)24)12-8-17-6-10-28(11-7-17)16(2)30/h4-5,9,13-14,17,26H,6-8,10-12H2,1-3H3. The molecule has 1 aromatic carbocycles. The van der Waals surface area contributed by atoms with E-state index >= 15 is 0 Å². The number of likely N-dealkylation sites (tertiary alicyclic amines) is 1. The van der Waals surface area contributed by atoms with Gasteiger partial charge in [-0.3, -0.25) is 9.59 Å². The van der Waals surface area contributed by atoms with Gasteiger partial charge >= 0.3 is 0 Å². The zero-order valence-electron chi connectivity index (χ0n) is 18.2. The topological polar surface area (TPSA) is 72.2 Å². The maximum Gasteiger partial charge on any atom is 0.271 e. The molecule has 0 spiro atoms. The average molecular weight is 442 g/mol. The lowest BCUT2D eigenvalue weighted by atomic mass is 9.93. The molecule has 7 nitrogen and oxygen atoms in total. The van der Waals surface area contributed by atoms with Crippen LogP contribution in [0.15, 0.2) is 35.4 Å². The Bertz CT molecular complexity index is 1170. The van der Waals surface area contributed by atoms with Crippen LogP contribution in [0.3, 0.4) is 0 Å². The number of benzene rings is 1. The maximum absolute atomic E-state index is 12.2. The average Bonchev–Trinajstić information content (AvgIpc) is 3.17. The van der Waals surface area contributed by atoms with E-state index in [0.717, 1.165) is 55.5 Å². The second kappa shape index (κ2) is 8.75. The third-order valence-corrected chi connectivity index (χ3v) is 6.69. The Morgan fingerprint density at radius 1 is 1.26 bits per heavy atom. The minimum absolute atomic E-state index is 0.137. The van der Waals surface area contributed by atoms with Gasteiger partial charge in [0.2, 0.25) is 5.91 Å². The van der Waals surface area contributed by atoms with Gasteiger partial charge in [-0.1, -0.05) is 11.6 Å². The van der Waals surface area contributed by atoms with Crippen LogP contribution in [-0.4, -0.2) is 38.2 Å². The van der Waals surface area contributed by atoms with Crippen LogP contribution in [-0.2, 0) is 18.4 Å². The van der Waals surface area contributed by atoms with E-state index in [4.69, 9.17) is 11.6 Å². The molecular weight excluding hydrogens is 414 g/mol. The summed E-state index contributed by atoms with van der Waals surface area (Å²) in [6, 6.07) is 5.99. The number of aryl methyl sites for hydroxylation is 2. The highest BCUT2D eigenvalue weighted by Crippen LogP contribution is 2.35. The van der Waals surface area contributed by atoms with E-state index < -0.39 is 0 Å². The minimum Gasteiger partial charge on any atom is -0.352 e. The molecule has 3 heterocycles. The molecule has 31 heavy (non-hydrogen) atoms. The zero-order chi connectivity index (χ0) is 22.1. The number of amides is 1. The molecule has 0 aliphatic carbocycles. The number of hydrogen-bond acceptors (Lipinski definition) is 4. The molecule has 0 atom stereocenters. The van der Waals surface area contributed by atoms with Gasteiger partial charge in [0.25, 0.3) is 5.56 Å². The lowest BCUT2D eigenvalue weighted by molar-refractivity contribution is -0.130. The fraction of sp³-hybridized carbons (Fsp3) is 0.435. The molecule has 2 aromatic heterocycles. The first-order valence-electron chi connectivity index (χ1n) is 10.7. The number of hydrogen-bond donors (Lipinski definition) is 1. The monoisotopic (exact) mass is 441 g/mol. The SMILES string of the molecule is CC(=O)N1CCC(CCn2ccc3c(Nc4cnn(C)c(=O)c4C)c(Cl)ccc32)CC1. The van der Waals surface area contributed by atoms with Gasteiger partial charge in [0.1, 0.15) is 0 Å². The number of nitrogens with zero attached hydrogens (tertiary/aromatic N) is 4. The van der Waals surface area contributed by atoms with Crippen molar-refractivity contribution in [2.75, 3.05) is 18.4 Å². The van der Waals surface area contributed by atoms with Gasteiger partial charge in [0.05, 0.1) is 28.1 Å². The lowest BCUT2D eigenvalue weighted by Gasteiger charge is -2.31. The Hall–Kier alpha value is -2.80. The van der Waals surface area contributed by atoms with Crippen LogP contribution < -0.4 is 10.9 Å². The molecule has 1 fully saturated rings. The lowest BCUT2D eigenvalue weighted by Crippen LogP contribution is -2.37. The second-order valence-electron chi connectivity index (χ2n) is 8.34. The third-order valence-electron chi connectivity index (χ3n) is 6.38. The Balaban J connectivity index is 1.53. The van der Waals surface area contributed by atoms with Crippen LogP contribution in [0, 0.1) is 12.8 Å². The fourth-order valence-corrected chi connectivity index (χ4v) is 4.55. The molecule has 4 rings (SSSR count). The molecule has 0 unspecified atom stereocenters. The summed E-state index contributed by atoms with van der Waals surface area (Å²) in [5.74, 6) is 0.806. The molecule has 0 bridgehead atoms. The number of nitrogens with one attached hydrogen (secondary N) is 1. The molecular formula is C23H28ClN5O2. The van der Waals surface area contributed by atoms with Crippen LogP contribution in [0.25, 0.3) is 10.9 Å². The molecule has 0 radical (unpaired) electrons. The summed E-state index contributed by atoms with van der Waals surface area (Å²) in [6.07, 6.45) is 6.94. The molecule has 0 saturated carbocycles. The van der Waals surface area contributed by atoms with Crippen molar-refractivity contribution in [3.63, 3.8) is 0 Å². The highest BCUT2D eigenvalue weighted by molar-refractivity contribution is 6.35. The quantitative estimate of drug-likeness (QED) is 0.647. The van der Waals surface area contributed by atoms with Gasteiger partial charge in [0.15, 0.2) is 0 Å². The van der Waals surface area contributed by atoms with Crippen molar-refractivity contribution in [2.24, 2.45) is 13.0 Å². The highest BCUT2D eigenvalue weighted by Gasteiger charge is 2.21. The van der Waals surface area contributed by atoms with Crippen molar-refractivity contribution in [1.29, 1.82) is 0 Å². The van der Waals surface area contributed by atoms with E-state index in [1.807, 2.05) is 17.0 Å². The zero-order valence-corrected chi connectivity index (χ0v) is 18.9. The number of anilines is 2. The van der Waals surface area contributed by atoms with E-state index in [0.29, 0.717) is 22.2 Å². The van der Waals surface area contributed by atoms with E-state index in [1.54, 1.807) is 27.1 Å². The van der Waals surface area contributed by atoms with E-state index in [1.165, 1.54) is 4.68 Å². The Morgan fingerprint density at radius 2 is 2.00 bits per heavy atom. The first kappa shape index (κ1) is 21.4. The number of rotatable bonds is 5. The fourth-order valence-electron chi connectivity index (χ4n) is 4.34. The number of halogens is 1. The number of fused-ring (bicyclic) bond motifs is 1. The maximum atomic E-state index is 12.2. The van der Waals surface area contributed by atoms with E-state index in [-0.39, 0.29) is 11.5 Å². The molecule has 1 aliphatic heterocycles. The van der Waals surface area contributed by atoms with Gasteiger partial charge in [-0.2, -0.15) is 5.10 Å². The van der Waals surface area contributed by atoms with Crippen LogP contribution in [0.4, 0.5) is 11.4 Å². The Morgan fingerprint density at radius 3 is 2.71 bits per heavy atom. The smallest absolute Gasteiger partial charge is 0.271 e. The normalized spacial score (nSPS) is 14.9. The number of carbonyl (C=O) groups excluding carboxylic acids is 1. The van der Waals surface area contributed by atoms with Crippen molar-refractivity contribution in [2.45, 2.75) is 39.7 Å². The largest absolute Gasteiger partial charge is 0.352 e. The van der Waals surface area contributed by atoms with Gasteiger partial charge in [-0.25, -0.2) is 4.68 Å². The summed E-state index contributed by atoms with van der Waals surface area (Å²) in [7, 11) is 1.64. The van der Waals surface area contributed by atoms with Crippen molar-refractivity contribution >= 4 is 39.8 Å². The van der Waals surface area contributed by atoms with Crippen molar-refractivity contribution < 1.29 is 4.79 Å². The van der Waals surface area contributed by atoms with E-state index in [9.17, 15) is 9.59 Å². The summed E-state index contributed by atoms with van der Waals surface area (Å²) in [5, 5.41) is 9.06. The van der Waals surface area contributed by atoms with Crippen molar-refractivity contribution in [3.05, 3.63) is 51.5 Å². The van der Waals surface area contributed by atoms with Crippen LogP contribution in [0.5, 0.6) is 0 Å². The van der Waals surface area contributed by atoms with Crippen molar-refractivity contribution in [1.82, 2.24) is 19.2 Å². The summed E-state index contributed by atoms with van der Waals surface area (Å²) in [6.45, 7) is 6.07. The molecule has 1 amide bonds. The summed E-state index contributed by atoms with van der Waals surface area (Å²) in [4.78, 5) is 25.7. The Kier molecular flexibility index (Phi) is 6.05. The molecule has 1 saturated heterocycles. The van der Waals surface area contributed by atoms with E-state index in [2.05, 4.69) is 27.2 Å². The summed E-state index contributed by atoms with van der Waals surface area (Å²) < 4.78 is 3.57. The van der Waals surface area contributed by atoms with Gasteiger partial charge in [-0.05, 0) is 50.3 Å². The first-order chi connectivity index (χ1) is 14.8. The number of aromatic nitrogens is 3. The predicted molar refractivity (Wildman–Crippen MR) is 124 cm³/mol. The van der Waals surface area contributed by atoms with Crippen LogP contribution >= 0.6 is 11.6 Å². The Labute approximate surface area is 186 Å². The molecule has 8 heteroatoms. The molecule has 1 N–H and O–H groups in total. The second-order valence-corrected chi connectivity index (χ2v) is 8.75. The molecule has 3 aromatic rings. The molecule has 164 valence electrons. The minimum atomic E-state index is -0.137. The van der Waals surface area contributed by atoms with Crippen LogP contribution in [0.1, 0.15) is 31.7 Å². The summed E-state index contributed by atoms with van der Waals surface area (Å²) >= 11 is 6.52.